The van der Waals surface area contributed by atoms with Gasteiger partial charge in [0, 0.05) is 5.56 Å². The van der Waals surface area contributed by atoms with Crippen molar-refractivity contribution in [3.63, 3.8) is 0 Å². The van der Waals surface area contributed by atoms with Gasteiger partial charge in [0.25, 0.3) is 5.91 Å². The first kappa shape index (κ1) is 19.2. The Bertz CT molecular complexity index is 763. The van der Waals surface area contributed by atoms with E-state index in [2.05, 4.69) is 5.32 Å². The first-order chi connectivity index (χ1) is 12.9. The Balaban J connectivity index is 1.64. The zero-order valence-corrected chi connectivity index (χ0v) is 16.0. The smallest absolute Gasteiger partial charge is 0.326 e. The van der Waals surface area contributed by atoms with E-state index in [9.17, 15) is 14.4 Å². The van der Waals surface area contributed by atoms with Crippen LogP contribution in [0.4, 0.5) is 4.79 Å². The van der Waals surface area contributed by atoms with Crippen LogP contribution in [0.15, 0.2) is 18.2 Å². The van der Waals surface area contributed by atoms with E-state index in [1.165, 1.54) is 0 Å². The molecule has 1 spiro atoms. The molecular weight excluding hydrogens is 348 g/mol. The summed E-state index contributed by atoms with van der Waals surface area (Å²) < 4.78 is 10.6. The Hall–Kier alpha value is -2.57. The summed E-state index contributed by atoms with van der Waals surface area (Å²) in [6, 6.07) is 5.07. The fourth-order valence-corrected chi connectivity index (χ4v) is 3.99. The second kappa shape index (κ2) is 7.58. The molecule has 1 saturated carbocycles. The molecule has 1 aliphatic carbocycles. The number of nitrogens with zero attached hydrogens (tertiary/aromatic N) is 1. The number of imide groups is 1. The van der Waals surface area contributed by atoms with Gasteiger partial charge in [-0.3, -0.25) is 14.5 Å². The molecular formula is C20H26N2O5. The number of esters is 1. The standard InChI is InChI=1S/C20H26N2O5/c1-13-7-8-16(26-3)15(10-13)12-27-17(23)11-22-18(24)20(21-19(22)25)9-5-4-6-14(20)2/h7-8,10,14H,4-6,9,11-12H2,1-3H3,(H,21,25)/t14-,20+/m0/s1. The monoisotopic (exact) mass is 374 g/mol. The van der Waals surface area contributed by atoms with Crippen LogP contribution in [0.5, 0.6) is 5.75 Å². The Kier molecular flexibility index (Phi) is 5.39. The summed E-state index contributed by atoms with van der Waals surface area (Å²) in [6.45, 7) is 3.55. The van der Waals surface area contributed by atoms with Crippen LogP contribution in [-0.2, 0) is 20.9 Å². The number of nitrogens with one attached hydrogen (secondary N) is 1. The number of ether oxygens (including phenoxy) is 2. The highest BCUT2D eigenvalue weighted by Crippen LogP contribution is 2.38. The highest BCUT2D eigenvalue weighted by Gasteiger charge is 2.55. The Morgan fingerprint density at radius 2 is 2.11 bits per heavy atom. The number of methoxy groups -OCH3 is 1. The van der Waals surface area contributed by atoms with Gasteiger partial charge in [-0.25, -0.2) is 4.79 Å². The molecule has 1 aliphatic heterocycles. The van der Waals surface area contributed by atoms with Crippen LogP contribution in [0.25, 0.3) is 0 Å². The number of hydrogen-bond acceptors (Lipinski definition) is 5. The van der Waals surface area contributed by atoms with Gasteiger partial charge in [-0.15, -0.1) is 0 Å². The lowest BCUT2D eigenvalue weighted by Gasteiger charge is -2.36. The van der Waals surface area contributed by atoms with E-state index in [4.69, 9.17) is 9.47 Å². The molecule has 7 nitrogen and oxygen atoms in total. The summed E-state index contributed by atoms with van der Waals surface area (Å²) >= 11 is 0. The second-order valence-electron chi connectivity index (χ2n) is 7.42. The van der Waals surface area contributed by atoms with Gasteiger partial charge in [-0.1, -0.05) is 31.4 Å². The van der Waals surface area contributed by atoms with Crippen LogP contribution in [0.1, 0.15) is 43.7 Å². The maximum absolute atomic E-state index is 12.9. The number of hydrogen-bond donors (Lipinski definition) is 1. The number of amides is 3. The van der Waals surface area contributed by atoms with E-state index in [0.29, 0.717) is 12.2 Å². The minimum atomic E-state index is -0.866. The van der Waals surface area contributed by atoms with E-state index in [1.54, 1.807) is 7.11 Å². The Labute approximate surface area is 159 Å². The highest BCUT2D eigenvalue weighted by atomic mass is 16.5. The lowest BCUT2D eigenvalue weighted by Crippen LogP contribution is -2.54. The lowest BCUT2D eigenvalue weighted by molar-refractivity contribution is -0.149. The van der Waals surface area contributed by atoms with Crippen molar-refractivity contribution in [2.24, 2.45) is 5.92 Å². The van der Waals surface area contributed by atoms with Gasteiger partial charge in [-0.05, 0) is 37.8 Å². The minimum absolute atomic E-state index is 0.0227. The zero-order valence-electron chi connectivity index (χ0n) is 16.0. The quantitative estimate of drug-likeness (QED) is 0.632. The number of aryl methyl sites for hydroxylation is 1. The van der Waals surface area contributed by atoms with Crippen molar-refractivity contribution in [3.05, 3.63) is 29.3 Å². The van der Waals surface area contributed by atoms with Crippen molar-refractivity contribution in [2.45, 2.75) is 51.7 Å². The predicted molar refractivity (Wildman–Crippen MR) is 98.1 cm³/mol. The molecule has 1 aromatic rings. The molecule has 1 N–H and O–H groups in total. The molecule has 0 radical (unpaired) electrons. The molecule has 0 aromatic heterocycles. The van der Waals surface area contributed by atoms with E-state index in [-0.39, 0.29) is 25.0 Å². The lowest BCUT2D eigenvalue weighted by atomic mass is 9.73. The van der Waals surface area contributed by atoms with Crippen LogP contribution >= 0.6 is 0 Å². The maximum atomic E-state index is 12.9. The average Bonchev–Trinajstić information content (AvgIpc) is 2.87. The molecule has 7 heteroatoms. The van der Waals surface area contributed by atoms with Gasteiger partial charge in [0.1, 0.15) is 24.4 Å². The Morgan fingerprint density at radius 1 is 1.33 bits per heavy atom. The van der Waals surface area contributed by atoms with Gasteiger partial charge < -0.3 is 14.8 Å². The molecule has 1 aromatic carbocycles. The maximum Gasteiger partial charge on any atom is 0.326 e. The third-order valence-corrected chi connectivity index (χ3v) is 5.61. The molecule has 0 bridgehead atoms. The topological polar surface area (TPSA) is 84.9 Å². The van der Waals surface area contributed by atoms with E-state index in [0.717, 1.165) is 35.3 Å². The summed E-state index contributed by atoms with van der Waals surface area (Å²) in [7, 11) is 1.55. The van der Waals surface area contributed by atoms with Crippen LogP contribution in [-0.4, -0.2) is 42.0 Å². The number of benzene rings is 1. The van der Waals surface area contributed by atoms with Crippen molar-refractivity contribution >= 4 is 17.9 Å². The fourth-order valence-electron chi connectivity index (χ4n) is 3.99. The number of carbonyl (C=O) groups is 3. The molecule has 27 heavy (non-hydrogen) atoms. The summed E-state index contributed by atoms with van der Waals surface area (Å²) in [4.78, 5) is 38.4. The minimum Gasteiger partial charge on any atom is -0.496 e. The molecule has 2 atom stereocenters. The Morgan fingerprint density at radius 3 is 2.81 bits per heavy atom. The third-order valence-electron chi connectivity index (χ3n) is 5.61. The molecule has 0 unspecified atom stereocenters. The first-order valence-corrected chi connectivity index (χ1v) is 9.30. The first-order valence-electron chi connectivity index (χ1n) is 9.30. The van der Waals surface area contributed by atoms with Crippen LogP contribution in [0.2, 0.25) is 0 Å². The average molecular weight is 374 g/mol. The predicted octanol–water partition coefficient (Wildman–Crippen LogP) is 2.55. The molecule has 1 saturated heterocycles. The van der Waals surface area contributed by atoms with Gasteiger partial charge in [0.05, 0.1) is 7.11 Å². The molecule has 3 amide bonds. The van der Waals surface area contributed by atoms with Crippen molar-refractivity contribution < 1.29 is 23.9 Å². The van der Waals surface area contributed by atoms with E-state index in [1.807, 2.05) is 32.0 Å². The summed E-state index contributed by atoms with van der Waals surface area (Å²) in [5, 5.41) is 2.83. The van der Waals surface area contributed by atoms with Gasteiger partial charge in [0.2, 0.25) is 0 Å². The van der Waals surface area contributed by atoms with Crippen molar-refractivity contribution in [1.29, 1.82) is 0 Å². The molecule has 2 aliphatic rings. The van der Waals surface area contributed by atoms with Crippen LogP contribution in [0, 0.1) is 12.8 Å². The van der Waals surface area contributed by atoms with Crippen molar-refractivity contribution in [2.75, 3.05) is 13.7 Å². The van der Waals surface area contributed by atoms with Gasteiger partial charge in [0.15, 0.2) is 0 Å². The molecule has 146 valence electrons. The number of urea groups is 1. The van der Waals surface area contributed by atoms with Crippen molar-refractivity contribution in [3.8, 4) is 5.75 Å². The van der Waals surface area contributed by atoms with Gasteiger partial charge >= 0.3 is 12.0 Å². The number of carbonyl (C=O) groups excluding carboxylic acids is 3. The second-order valence-corrected chi connectivity index (χ2v) is 7.42. The fraction of sp³-hybridized carbons (Fsp3) is 0.550. The summed E-state index contributed by atoms with van der Waals surface area (Å²) in [5.41, 5.74) is 0.889. The zero-order chi connectivity index (χ0) is 19.6. The molecule has 3 rings (SSSR count). The molecule has 1 heterocycles. The summed E-state index contributed by atoms with van der Waals surface area (Å²) in [5.74, 6) is -0.258. The number of rotatable bonds is 5. The van der Waals surface area contributed by atoms with E-state index >= 15 is 0 Å². The largest absolute Gasteiger partial charge is 0.496 e. The highest BCUT2D eigenvalue weighted by molar-refractivity contribution is 6.08. The third kappa shape index (κ3) is 3.63. The van der Waals surface area contributed by atoms with Crippen LogP contribution in [0.3, 0.4) is 0 Å². The van der Waals surface area contributed by atoms with Crippen LogP contribution < -0.4 is 10.1 Å². The SMILES string of the molecule is COc1ccc(C)cc1COC(=O)CN1C(=O)N[C@@]2(CCCC[C@@H]2C)C1=O. The van der Waals surface area contributed by atoms with Crippen molar-refractivity contribution in [1.82, 2.24) is 10.2 Å². The molecule has 2 fully saturated rings. The normalized spacial score (nSPS) is 24.9. The van der Waals surface area contributed by atoms with E-state index < -0.39 is 17.5 Å². The summed E-state index contributed by atoms with van der Waals surface area (Å²) in [6.07, 6.45) is 3.44. The van der Waals surface area contributed by atoms with Gasteiger partial charge in [-0.2, -0.15) is 0 Å².